The largest absolute Gasteiger partial charge is 0.507 e. The Balaban J connectivity index is 2.22. The predicted octanol–water partition coefficient (Wildman–Crippen LogP) is 1.97. The van der Waals surface area contributed by atoms with Gasteiger partial charge in [0.15, 0.2) is 5.89 Å². The van der Waals surface area contributed by atoms with Gasteiger partial charge < -0.3 is 14.6 Å². The molecule has 0 amide bonds. The van der Waals surface area contributed by atoms with E-state index in [-0.39, 0.29) is 12.4 Å². The molecule has 84 valence electrons. The summed E-state index contributed by atoms with van der Waals surface area (Å²) in [5, 5.41) is 18.3. The van der Waals surface area contributed by atoms with Crippen molar-refractivity contribution in [2.45, 2.75) is 12.8 Å². The molecule has 1 aromatic heterocycles. The quantitative estimate of drug-likeness (QED) is 0.825. The number of aliphatic hydroxyl groups is 1. The van der Waals surface area contributed by atoms with Crippen molar-refractivity contribution >= 4 is 0 Å². The van der Waals surface area contributed by atoms with E-state index in [9.17, 15) is 5.11 Å². The van der Waals surface area contributed by atoms with Crippen molar-refractivity contribution in [2.24, 2.45) is 0 Å². The minimum Gasteiger partial charge on any atom is -0.507 e. The molecule has 0 aliphatic carbocycles. The number of aliphatic hydroxyl groups excluding tert-OH is 1. The highest BCUT2D eigenvalue weighted by Gasteiger charge is 2.08. The van der Waals surface area contributed by atoms with Gasteiger partial charge in [0.2, 0.25) is 0 Å². The highest BCUT2D eigenvalue weighted by molar-refractivity contribution is 5.65. The monoisotopic (exact) mass is 219 g/mol. The molecule has 1 heterocycles. The van der Waals surface area contributed by atoms with E-state index >= 15 is 0 Å². The first-order valence-electron chi connectivity index (χ1n) is 5.15. The molecule has 0 spiro atoms. The van der Waals surface area contributed by atoms with Crippen molar-refractivity contribution in [1.29, 1.82) is 0 Å². The third-order valence-corrected chi connectivity index (χ3v) is 2.28. The molecule has 0 fully saturated rings. The molecule has 0 atom stereocenters. The molecule has 0 aliphatic rings. The van der Waals surface area contributed by atoms with Crippen molar-refractivity contribution < 1.29 is 14.6 Å². The van der Waals surface area contributed by atoms with E-state index in [0.29, 0.717) is 30.0 Å². The Kier molecular flexibility index (Phi) is 3.22. The van der Waals surface area contributed by atoms with E-state index in [0.717, 1.165) is 0 Å². The summed E-state index contributed by atoms with van der Waals surface area (Å²) in [6.45, 7) is 0.119. The van der Waals surface area contributed by atoms with Crippen molar-refractivity contribution in [2.75, 3.05) is 6.61 Å². The summed E-state index contributed by atoms with van der Waals surface area (Å²) in [5.41, 5.74) is 1.27. The Morgan fingerprint density at radius 2 is 2.06 bits per heavy atom. The summed E-state index contributed by atoms with van der Waals surface area (Å²) in [6, 6.07) is 6.98. The Hall–Kier alpha value is -1.81. The first-order valence-corrected chi connectivity index (χ1v) is 5.15. The molecule has 16 heavy (non-hydrogen) atoms. The summed E-state index contributed by atoms with van der Waals surface area (Å²) in [6.07, 6.45) is 2.74. The second-order valence-corrected chi connectivity index (χ2v) is 3.47. The van der Waals surface area contributed by atoms with Gasteiger partial charge in [0.05, 0.1) is 0 Å². The fraction of sp³-hybridized carbons (Fsp3) is 0.250. The van der Waals surface area contributed by atoms with Crippen LogP contribution in [0, 0.1) is 0 Å². The maximum absolute atomic E-state index is 9.63. The number of hydrogen-bond donors (Lipinski definition) is 2. The third-order valence-electron chi connectivity index (χ3n) is 2.28. The second-order valence-electron chi connectivity index (χ2n) is 3.47. The molecule has 0 bridgehead atoms. The van der Waals surface area contributed by atoms with Gasteiger partial charge in [-0.15, -0.1) is 0 Å². The van der Waals surface area contributed by atoms with Crippen molar-refractivity contribution in [1.82, 2.24) is 4.98 Å². The molecule has 4 nitrogen and oxygen atoms in total. The maximum atomic E-state index is 9.63. The number of aromatic hydroxyl groups is 1. The summed E-state index contributed by atoms with van der Waals surface area (Å²) < 4.78 is 5.24. The average molecular weight is 219 g/mol. The first-order chi connectivity index (χ1) is 7.81. The number of aryl methyl sites for hydroxylation is 1. The van der Waals surface area contributed by atoms with E-state index in [4.69, 9.17) is 9.52 Å². The van der Waals surface area contributed by atoms with Crippen LogP contribution in [0.4, 0.5) is 0 Å². The van der Waals surface area contributed by atoms with Crippen LogP contribution in [0.1, 0.15) is 12.3 Å². The fourth-order valence-electron chi connectivity index (χ4n) is 1.47. The highest BCUT2D eigenvalue weighted by Crippen LogP contribution is 2.27. The zero-order valence-corrected chi connectivity index (χ0v) is 8.76. The van der Waals surface area contributed by atoms with Gasteiger partial charge in [0.1, 0.15) is 17.7 Å². The smallest absolute Gasteiger partial charge is 0.194 e. The van der Waals surface area contributed by atoms with Gasteiger partial charge in [0, 0.05) is 18.6 Å². The Labute approximate surface area is 93.2 Å². The molecule has 0 saturated heterocycles. The number of phenolic OH excluding ortho intramolecular Hbond substituents is 1. The van der Waals surface area contributed by atoms with Crippen molar-refractivity contribution in [3.05, 3.63) is 36.4 Å². The molecular formula is C12H13NO3. The second kappa shape index (κ2) is 4.81. The van der Waals surface area contributed by atoms with Crippen LogP contribution in [-0.4, -0.2) is 21.8 Å². The van der Waals surface area contributed by atoms with Crippen LogP contribution in [0.25, 0.3) is 11.3 Å². The molecule has 0 radical (unpaired) electrons. The SMILES string of the molecule is OCCCc1nc(-c2ccccc2O)co1. The van der Waals surface area contributed by atoms with Crippen LogP contribution in [-0.2, 0) is 6.42 Å². The number of para-hydroxylation sites is 1. The number of hydrogen-bond acceptors (Lipinski definition) is 4. The van der Waals surface area contributed by atoms with Crippen molar-refractivity contribution in [3.63, 3.8) is 0 Å². The molecule has 4 heteroatoms. The van der Waals surface area contributed by atoms with Gasteiger partial charge in [-0.2, -0.15) is 0 Å². The lowest BCUT2D eigenvalue weighted by Crippen LogP contribution is -1.89. The zero-order chi connectivity index (χ0) is 11.4. The maximum Gasteiger partial charge on any atom is 0.194 e. The number of benzene rings is 1. The summed E-state index contributed by atoms with van der Waals surface area (Å²) in [5.74, 6) is 0.761. The number of oxazole rings is 1. The molecule has 0 unspecified atom stereocenters. The van der Waals surface area contributed by atoms with Gasteiger partial charge >= 0.3 is 0 Å². The van der Waals surface area contributed by atoms with E-state index in [1.54, 1.807) is 18.2 Å². The van der Waals surface area contributed by atoms with E-state index in [1.165, 1.54) is 6.26 Å². The van der Waals surface area contributed by atoms with Gasteiger partial charge in [-0.3, -0.25) is 0 Å². The molecule has 2 aromatic rings. The lowest BCUT2D eigenvalue weighted by Gasteiger charge is -1.98. The van der Waals surface area contributed by atoms with E-state index < -0.39 is 0 Å². The standard InChI is InChI=1S/C12H13NO3/c14-7-3-6-12-13-10(8-16-12)9-4-1-2-5-11(9)15/h1-2,4-5,8,14-15H,3,6-7H2. The summed E-state index contributed by atoms with van der Waals surface area (Å²) >= 11 is 0. The lowest BCUT2D eigenvalue weighted by atomic mass is 10.1. The topological polar surface area (TPSA) is 66.5 Å². The Morgan fingerprint density at radius 3 is 2.81 bits per heavy atom. The number of nitrogens with zero attached hydrogens (tertiary/aromatic N) is 1. The summed E-state index contributed by atoms with van der Waals surface area (Å²) in [4.78, 5) is 4.24. The van der Waals surface area contributed by atoms with Crippen LogP contribution in [0.15, 0.2) is 34.9 Å². The predicted molar refractivity (Wildman–Crippen MR) is 59.0 cm³/mol. The van der Waals surface area contributed by atoms with E-state index in [2.05, 4.69) is 4.98 Å². The molecule has 2 N–H and O–H groups in total. The number of rotatable bonds is 4. The minimum absolute atomic E-state index is 0.119. The number of aromatic nitrogens is 1. The van der Waals surface area contributed by atoms with E-state index in [1.807, 2.05) is 6.07 Å². The third kappa shape index (κ3) is 2.23. The van der Waals surface area contributed by atoms with Gasteiger partial charge in [0.25, 0.3) is 0 Å². The minimum atomic E-state index is 0.119. The fourth-order valence-corrected chi connectivity index (χ4v) is 1.47. The van der Waals surface area contributed by atoms with Gasteiger partial charge in [-0.1, -0.05) is 12.1 Å². The average Bonchev–Trinajstić information content (AvgIpc) is 2.75. The molecule has 2 rings (SSSR count). The van der Waals surface area contributed by atoms with Gasteiger partial charge in [-0.05, 0) is 18.6 Å². The summed E-state index contributed by atoms with van der Waals surface area (Å²) in [7, 11) is 0. The highest BCUT2D eigenvalue weighted by atomic mass is 16.3. The van der Waals surface area contributed by atoms with Crippen LogP contribution in [0.5, 0.6) is 5.75 Å². The molecular weight excluding hydrogens is 206 g/mol. The molecule has 1 aromatic carbocycles. The van der Waals surface area contributed by atoms with Crippen LogP contribution in [0.3, 0.4) is 0 Å². The lowest BCUT2D eigenvalue weighted by molar-refractivity contribution is 0.283. The number of phenols is 1. The van der Waals surface area contributed by atoms with Gasteiger partial charge in [-0.25, -0.2) is 4.98 Å². The first kappa shape index (κ1) is 10.7. The zero-order valence-electron chi connectivity index (χ0n) is 8.76. The Morgan fingerprint density at radius 1 is 1.25 bits per heavy atom. The van der Waals surface area contributed by atoms with Crippen molar-refractivity contribution in [3.8, 4) is 17.0 Å². The van der Waals surface area contributed by atoms with Crippen LogP contribution >= 0.6 is 0 Å². The molecule has 0 aliphatic heterocycles. The molecule has 0 saturated carbocycles. The normalized spacial score (nSPS) is 10.6. The Bertz CT molecular complexity index is 465. The van der Waals surface area contributed by atoms with Crippen LogP contribution in [0.2, 0.25) is 0 Å². The van der Waals surface area contributed by atoms with Crippen LogP contribution < -0.4 is 0 Å².